The molecule has 48 heavy (non-hydrogen) atoms. The van der Waals surface area contributed by atoms with Gasteiger partial charge in [0.1, 0.15) is 22.4 Å². The lowest BCUT2D eigenvalue weighted by Gasteiger charge is -2.71. The number of nitrogens with zero attached hydrogens (tertiary/aromatic N) is 5. The van der Waals surface area contributed by atoms with Gasteiger partial charge in [-0.05, 0) is 86.6 Å². The molecule has 0 unspecified atom stereocenters. The summed E-state index contributed by atoms with van der Waals surface area (Å²) >= 11 is 1.06. The van der Waals surface area contributed by atoms with Crippen LogP contribution in [-0.2, 0) is 24.3 Å². The second-order valence-electron chi connectivity index (χ2n) is 14.6. The maximum absolute atomic E-state index is 13.1. The highest BCUT2D eigenvalue weighted by Crippen LogP contribution is 2.68. The molecule has 4 heterocycles. The first kappa shape index (κ1) is 31.4. The first-order valence-electron chi connectivity index (χ1n) is 16.8. The summed E-state index contributed by atoms with van der Waals surface area (Å²) < 4.78 is 41.4. The van der Waals surface area contributed by atoms with Crippen molar-refractivity contribution in [2.24, 2.45) is 11.3 Å². The molecule has 1 aliphatic heterocycles. The van der Waals surface area contributed by atoms with Crippen LogP contribution in [0.3, 0.4) is 0 Å². The van der Waals surface area contributed by atoms with Crippen molar-refractivity contribution in [1.82, 2.24) is 24.8 Å². The average molecular weight is 677 g/mol. The molecule has 9 rings (SSSR count). The maximum atomic E-state index is 13.1. The van der Waals surface area contributed by atoms with E-state index >= 15 is 0 Å². The number of alkyl halides is 3. The summed E-state index contributed by atoms with van der Waals surface area (Å²) in [6.45, 7) is 5.51. The smallest absolute Gasteiger partial charge is 0.367 e. The van der Waals surface area contributed by atoms with Crippen LogP contribution in [0.15, 0.2) is 24.3 Å². The number of halogens is 3. The van der Waals surface area contributed by atoms with Crippen molar-refractivity contribution in [2.75, 3.05) is 30.8 Å². The monoisotopic (exact) mass is 676 g/mol. The van der Waals surface area contributed by atoms with Gasteiger partial charge in [0.2, 0.25) is 11.9 Å². The fraction of sp³-hybridized carbons (Fsp3) is 0.543. The van der Waals surface area contributed by atoms with E-state index in [9.17, 15) is 23.2 Å². The molecular formula is C35H39F3N8OS. The van der Waals surface area contributed by atoms with Crippen molar-refractivity contribution in [3.8, 4) is 6.07 Å². The van der Waals surface area contributed by atoms with E-state index in [1.807, 2.05) is 6.07 Å². The number of amides is 1. The minimum Gasteiger partial charge on any atom is -0.367 e. The van der Waals surface area contributed by atoms with Crippen molar-refractivity contribution >= 4 is 50.1 Å². The summed E-state index contributed by atoms with van der Waals surface area (Å²) in [7, 11) is 1.70. The number of likely N-dealkylation sites (tertiary alicyclic amines) is 1. The number of anilines is 2. The molecule has 1 amide bonds. The van der Waals surface area contributed by atoms with E-state index in [2.05, 4.69) is 60.5 Å². The predicted molar refractivity (Wildman–Crippen MR) is 180 cm³/mol. The number of rotatable bonds is 10. The van der Waals surface area contributed by atoms with Gasteiger partial charge in [-0.3, -0.25) is 9.69 Å². The summed E-state index contributed by atoms with van der Waals surface area (Å²) in [4.78, 5) is 24.5. The van der Waals surface area contributed by atoms with E-state index in [0.717, 1.165) is 93.4 Å². The Balaban J connectivity index is 0.914. The van der Waals surface area contributed by atoms with E-state index in [-0.39, 0.29) is 33.7 Å². The zero-order valence-electron chi connectivity index (χ0n) is 27.1. The first-order chi connectivity index (χ1) is 22.9. The van der Waals surface area contributed by atoms with Crippen LogP contribution in [-0.4, -0.2) is 63.2 Å². The lowest BCUT2D eigenvalue weighted by molar-refractivity contribution is -0.172. The van der Waals surface area contributed by atoms with Crippen LogP contribution < -0.4 is 16.0 Å². The molecule has 1 aromatic carbocycles. The normalized spacial score (nSPS) is 24.2. The highest BCUT2D eigenvalue weighted by atomic mass is 32.1. The fourth-order valence-electron chi connectivity index (χ4n) is 8.45. The SMILES string of the molecule is CNc1nc(NC2CCN(Cc3ccc4c(cc(C#N)n4CC45CC(NC(=O)C6CC6)(C4)C5)c3C)CC2)c2cc(CC(F)(F)F)sc2n1. The van der Waals surface area contributed by atoms with Crippen LogP contribution in [0, 0.1) is 29.6 Å². The van der Waals surface area contributed by atoms with Crippen molar-refractivity contribution in [2.45, 2.75) is 89.1 Å². The zero-order chi connectivity index (χ0) is 33.4. The number of thiophene rings is 1. The van der Waals surface area contributed by atoms with Gasteiger partial charge in [-0.25, -0.2) is 4.98 Å². The van der Waals surface area contributed by atoms with E-state index in [4.69, 9.17) is 0 Å². The summed E-state index contributed by atoms with van der Waals surface area (Å²) in [6, 6.07) is 10.5. The quantitative estimate of drug-likeness (QED) is 0.176. The Hall–Kier alpha value is -3.89. The molecule has 13 heteroatoms. The number of benzene rings is 1. The third kappa shape index (κ3) is 5.76. The molecule has 1 saturated heterocycles. The van der Waals surface area contributed by atoms with E-state index in [1.165, 1.54) is 11.1 Å². The van der Waals surface area contributed by atoms with Crippen LogP contribution >= 0.6 is 11.3 Å². The van der Waals surface area contributed by atoms with Gasteiger partial charge < -0.3 is 20.5 Å². The molecule has 3 N–H and O–H groups in total. The van der Waals surface area contributed by atoms with Gasteiger partial charge in [-0.15, -0.1) is 11.3 Å². The second-order valence-corrected chi connectivity index (χ2v) is 15.8. The van der Waals surface area contributed by atoms with Crippen LogP contribution in [0.4, 0.5) is 24.9 Å². The van der Waals surface area contributed by atoms with Gasteiger partial charge in [0.05, 0.1) is 11.8 Å². The number of fused-ring (bicyclic) bond motifs is 2. The molecule has 5 aliphatic rings. The number of carbonyl (C=O) groups excluding carboxylic acids is 1. The lowest BCUT2D eigenvalue weighted by atomic mass is 9.39. The molecule has 4 aromatic rings. The molecule has 4 aliphatic carbocycles. The van der Waals surface area contributed by atoms with Gasteiger partial charge in [-0.1, -0.05) is 6.07 Å². The van der Waals surface area contributed by atoms with E-state index in [0.29, 0.717) is 27.7 Å². The Morgan fingerprint density at radius 1 is 1.10 bits per heavy atom. The third-order valence-corrected chi connectivity index (χ3v) is 11.9. The number of aromatic nitrogens is 3. The standard InChI is InChI=1S/C35H39F3N8OS/c1-20-22(5-6-28-26(20)11-24(14-39)46(28)19-33-16-34(17-33,18-33)44-30(47)21-3-4-21)15-45-9-7-23(8-10-45)41-29-27-12-25(13-35(36,37)38)48-31(27)43-32(40-2)42-29/h5-6,11-12,21,23H,3-4,7-10,13,15-19H2,1-2H3,(H,44,47)(H2,40,41,42,43). The Labute approximate surface area is 280 Å². The van der Waals surface area contributed by atoms with Crippen LogP contribution in [0.1, 0.15) is 66.6 Å². The van der Waals surface area contributed by atoms with Crippen molar-refractivity contribution in [3.05, 3.63) is 46.0 Å². The highest BCUT2D eigenvalue weighted by Gasteiger charge is 2.68. The van der Waals surface area contributed by atoms with Crippen molar-refractivity contribution in [3.63, 3.8) is 0 Å². The number of piperidine rings is 1. The predicted octanol–water partition coefficient (Wildman–Crippen LogP) is 6.50. The molecule has 0 spiro atoms. The largest absolute Gasteiger partial charge is 0.393 e. The summed E-state index contributed by atoms with van der Waals surface area (Å²) in [5.41, 5.74) is 4.38. The summed E-state index contributed by atoms with van der Waals surface area (Å²) in [6.07, 6.45) is 1.53. The Morgan fingerprint density at radius 3 is 2.52 bits per heavy atom. The van der Waals surface area contributed by atoms with Crippen molar-refractivity contribution in [1.29, 1.82) is 5.26 Å². The van der Waals surface area contributed by atoms with Crippen LogP contribution in [0.25, 0.3) is 21.1 Å². The van der Waals surface area contributed by atoms with Crippen LogP contribution in [0.2, 0.25) is 0 Å². The molecule has 4 saturated carbocycles. The first-order valence-corrected chi connectivity index (χ1v) is 17.6. The number of hydrogen-bond acceptors (Lipinski definition) is 8. The molecule has 9 nitrogen and oxygen atoms in total. The lowest BCUT2D eigenvalue weighted by Crippen LogP contribution is -2.75. The number of hydrogen-bond donors (Lipinski definition) is 3. The fourth-order valence-corrected chi connectivity index (χ4v) is 9.50. The third-order valence-electron chi connectivity index (χ3n) is 10.9. The summed E-state index contributed by atoms with van der Waals surface area (Å²) in [5.74, 6) is 1.41. The molecule has 0 radical (unpaired) electrons. The number of nitrogens with one attached hydrogen (secondary N) is 3. The van der Waals surface area contributed by atoms with Gasteiger partial charge >= 0.3 is 6.18 Å². The molecule has 2 bridgehead atoms. The summed E-state index contributed by atoms with van der Waals surface area (Å²) in [5, 5.41) is 21.6. The van der Waals surface area contributed by atoms with E-state index < -0.39 is 12.6 Å². The van der Waals surface area contributed by atoms with Gasteiger partial charge in [-0.2, -0.15) is 23.4 Å². The number of carbonyl (C=O) groups is 1. The molecule has 5 fully saturated rings. The maximum Gasteiger partial charge on any atom is 0.393 e. The zero-order valence-corrected chi connectivity index (χ0v) is 28.0. The molecular weight excluding hydrogens is 638 g/mol. The Kier molecular flexibility index (Phi) is 7.41. The van der Waals surface area contributed by atoms with Gasteiger partial charge in [0.15, 0.2) is 0 Å². The molecule has 252 valence electrons. The second kappa shape index (κ2) is 11.3. The minimum atomic E-state index is -4.28. The highest BCUT2D eigenvalue weighted by molar-refractivity contribution is 7.18. The van der Waals surface area contributed by atoms with Gasteiger partial charge in [0.25, 0.3) is 0 Å². The Morgan fingerprint density at radius 2 is 1.85 bits per heavy atom. The molecule has 0 atom stereocenters. The average Bonchev–Trinajstić information content (AvgIpc) is 3.70. The molecule has 3 aromatic heterocycles. The van der Waals surface area contributed by atoms with Crippen molar-refractivity contribution < 1.29 is 18.0 Å². The minimum absolute atomic E-state index is 0.0117. The number of aryl methyl sites for hydroxylation is 1. The van der Waals surface area contributed by atoms with Crippen LogP contribution in [0.5, 0.6) is 0 Å². The Bertz CT molecular complexity index is 1940. The van der Waals surface area contributed by atoms with E-state index in [1.54, 1.807) is 13.1 Å². The number of nitriles is 1. The van der Waals surface area contributed by atoms with Gasteiger partial charge in [0, 0.05) is 66.5 Å². The topological polar surface area (TPSA) is 111 Å².